The van der Waals surface area contributed by atoms with Crippen molar-refractivity contribution < 1.29 is 14.3 Å². The Kier molecular flexibility index (Phi) is 4.62. The average Bonchev–Trinajstić information content (AvgIpc) is 2.54. The summed E-state index contributed by atoms with van der Waals surface area (Å²) >= 11 is 0. The van der Waals surface area contributed by atoms with Crippen LogP contribution in [-0.2, 0) is 0 Å². The Morgan fingerprint density at radius 2 is 2.19 bits per heavy atom. The van der Waals surface area contributed by atoms with Crippen LogP contribution in [0.2, 0.25) is 0 Å². The number of aromatic nitrogens is 3. The molecule has 110 valence electrons. The van der Waals surface area contributed by atoms with Gasteiger partial charge in [-0.1, -0.05) is 0 Å². The number of methoxy groups -OCH3 is 1. The summed E-state index contributed by atoms with van der Waals surface area (Å²) in [6, 6.07) is 1.65. The van der Waals surface area contributed by atoms with E-state index >= 15 is 0 Å². The maximum absolute atomic E-state index is 11.5. The number of amides is 1. The standard InChI is InChI=1S/C13H15N5O3/c1-3-21-12-4-11(20-2)8(5-16-12)9-6-15-7-10(17-9)13(19)18-14/h4-7H,3,14H2,1-2H3,(H,18,19). The van der Waals surface area contributed by atoms with E-state index in [1.54, 1.807) is 12.3 Å². The second kappa shape index (κ2) is 6.62. The zero-order valence-corrected chi connectivity index (χ0v) is 11.7. The number of hydrogen-bond acceptors (Lipinski definition) is 7. The Morgan fingerprint density at radius 1 is 1.38 bits per heavy atom. The van der Waals surface area contributed by atoms with E-state index in [2.05, 4.69) is 15.0 Å². The number of carbonyl (C=O) groups is 1. The molecule has 0 aliphatic heterocycles. The molecule has 8 nitrogen and oxygen atoms in total. The Morgan fingerprint density at radius 3 is 2.86 bits per heavy atom. The van der Waals surface area contributed by atoms with Gasteiger partial charge in [-0.2, -0.15) is 0 Å². The van der Waals surface area contributed by atoms with E-state index in [9.17, 15) is 4.79 Å². The molecule has 8 heteroatoms. The van der Waals surface area contributed by atoms with Crippen molar-refractivity contribution in [2.24, 2.45) is 5.84 Å². The molecule has 0 aliphatic carbocycles. The van der Waals surface area contributed by atoms with Crippen molar-refractivity contribution >= 4 is 5.91 Å². The Balaban J connectivity index is 2.43. The molecular weight excluding hydrogens is 274 g/mol. The zero-order valence-electron chi connectivity index (χ0n) is 11.7. The lowest BCUT2D eigenvalue weighted by molar-refractivity contribution is 0.0948. The summed E-state index contributed by atoms with van der Waals surface area (Å²) in [5.41, 5.74) is 3.15. The summed E-state index contributed by atoms with van der Waals surface area (Å²) in [5.74, 6) is 5.52. The van der Waals surface area contributed by atoms with E-state index in [1.165, 1.54) is 19.5 Å². The second-order valence-electron chi connectivity index (χ2n) is 3.92. The first-order valence-corrected chi connectivity index (χ1v) is 6.19. The van der Waals surface area contributed by atoms with E-state index in [1.807, 2.05) is 12.3 Å². The summed E-state index contributed by atoms with van der Waals surface area (Å²) in [6.07, 6.45) is 4.38. The van der Waals surface area contributed by atoms with Crippen LogP contribution in [0.15, 0.2) is 24.7 Å². The highest BCUT2D eigenvalue weighted by molar-refractivity contribution is 5.92. The van der Waals surface area contributed by atoms with Crippen LogP contribution >= 0.6 is 0 Å². The van der Waals surface area contributed by atoms with Crippen LogP contribution in [0.1, 0.15) is 17.4 Å². The van der Waals surface area contributed by atoms with Crippen LogP contribution in [-0.4, -0.2) is 34.6 Å². The van der Waals surface area contributed by atoms with Gasteiger partial charge in [0.05, 0.1) is 37.4 Å². The summed E-state index contributed by atoms with van der Waals surface area (Å²) in [4.78, 5) is 23.8. The van der Waals surface area contributed by atoms with Gasteiger partial charge in [0.15, 0.2) is 0 Å². The molecule has 0 aliphatic rings. The number of nitrogen functional groups attached to an aromatic ring is 1. The number of nitrogens with one attached hydrogen (secondary N) is 1. The fourth-order valence-electron chi connectivity index (χ4n) is 1.69. The van der Waals surface area contributed by atoms with Gasteiger partial charge in [-0.25, -0.2) is 15.8 Å². The van der Waals surface area contributed by atoms with Gasteiger partial charge in [-0.05, 0) is 6.92 Å². The third-order valence-corrected chi connectivity index (χ3v) is 2.63. The Bertz CT molecular complexity index is 647. The van der Waals surface area contributed by atoms with Gasteiger partial charge in [0.1, 0.15) is 11.4 Å². The molecule has 0 spiro atoms. The van der Waals surface area contributed by atoms with E-state index in [-0.39, 0.29) is 5.69 Å². The van der Waals surface area contributed by atoms with Crippen molar-refractivity contribution in [2.45, 2.75) is 6.92 Å². The minimum absolute atomic E-state index is 0.103. The van der Waals surface area contributed by atoms with E-state index in [0.29, 0.717) is 29.5 Å². The monoisotopic (exact) mass is 289 g/mol. The molecular formula is C13H15N5O3. The number of hydrogen-bond donors (Lipinski definition) is 2. The smallest absolute Gasteiger partial charge is 0.285 e. The van der Waals surface area contributed by atoms with Crippen LogP contribution in [0.4, 0.5) is 0 Å². The van der Waals surface area contributed by atoms with Gasteiger partial charge >= 0.3 is 0 Å². The molecule has 2 heterocycles. The van der Waals surface area contributed by atoms with Gasteiger partial charge in [0.2, 0.25) is 5.88 Å². The summed E-state index contributed by atoms with van der Waals surface area (Å²) < 4.78 is 10.6. The molecule has 0 bridgehead atoms. The molecule has 3 N–H and O–H groups in total. The van der Waals surface area contributed by atoms with Crippen molar-refractivity contribution in [1.29, 1.82) is 0 Å². The number of ether oxygens (including phenoxy) is 2. The van der Waals surface area contributed by atoms with Crippen LogP contribution in [0.25, 0.3) is 11.3 Å². The molecule has 0 aromatic carbocycles. The molecule has 2 aromatic heterocycles. The van der Waals surface area contributed by atoms with Crippen molar-refractivity contribution in [3.05, 3.63) is 30.4 Å². The number of carbonyl (C=O) groups excluding carboxylic acids is 1. The molecule has 2 rings (SSSR count). The number of hydrazine groups is 1. The van der Waals surface area contributed by atoms with Gasteiger partial charge in [-0.3, -0.25) is 15.2 Å². The minimum Gasteiger partial charge on any atom is -0.496 e. The molecule has 0 radical (unpaired) electrons. The van der Waals surface area contributed by atoms with Crippen molar-refractivity contribution in [3.63, 3.8) is 0 Å². The summed E-state index contributed by atoms with van der Waals surface area (Å²) in [6.45, 7) is 2.36. The number of nitrogens with two attached hydrogens (primary N) is 1. The predicted octanol–water partition coefficient (Wildman–Crippen LogP) is 0.549. The van der Waals surface area contributed by atoms with E-state index in [0.717, 1.165) is 0 Å². The Labute approximate surface area is 121 Å². The lowest BCUT2D eigenvalue weighted by Crippen LogP contribution is -2.30. The topological polar surface area (TPSA) is 112 Å². The quantitative estimate of drug-likeness (QED) is 0.469. The largest absolute Gasteiger partial charge is 0.496 e. The zero-order chi connectivity index (χ0) is 15.2. The number of pyridine rings is 1. The summed E-state index contributed by atoms with van der Waals surface area (Å²) in [5, 5.41) is 0. The van der Waals surface area contributed by atoms with Gasteiger partial charge in [-0.15, -0.1) is 0 Å². The first kappa shape index (κ1) is 14.7. The maximum Gasteiger partial charge on any atom is 0.285 e. The molecule has 2 aromatic rings. The lowest BCUT2D eigenvalue weighted by atomic mass is 10.2. The van der Waals surface area contributed by atoms with Gasteiger partial charge < -0.3 is 9.47 Å². The molecule has 0 unspecified atom stereocenters. The Hall–Kier alpha value is -2.74. The van der Waals surface area contributed by atoms with Crippen LogP contribution < -0.4 is 20.7 Å². The van der Waals surface area contributed by atoms with Crippen LogP contribution in [0.3, 0.4) is 0 Å². The highest BCUT2D eigenvalue weighted by atomic mass is 16.5. The van der Waals surface area contributed by atoms with E-state index in [4.69, 9.17) is 15.3 Å². The molecule has 0 fully saturated rings. The molecule has 1 amide bonds. The predicted molar refractivity (Wildman–Crippen MR) is 74.6 cm³/mol. The second-order valence-corrected chi connectivity index (χ2v) is 3.92. The van der Waals surface area contributed by atoms with Crippen molar-refractivity contribution in [3.8, 4) is 22.9 Å². The first-order chi connectivity index (χ1) is 10.2. The number of rotatable bonds is 5. The lowest BCUT2D eigenvalue weighted by Gasteiger charge is -2.10. The third-order valence-electron chi connectivity index (χ3n) is 2.63. The summed E-state index contributed by atoms with van der Waals surface area (Å²) in [7, 11) is 1.53. The first-order valence-electron chi connectivity index (χ1n) is 6.19. The normalized spacial score (nSPS) is 10.0. The maximum atomic E-state index is 11.5. The van der Waals surface area contributed by atoms with Crippen molar-refractivity contribution in [1.82, 2.24) is 20.4 Å². The van der Waals surface area contributed by atoms with Crippen molar-refractivity contribution in [2.75, 3.05) is 13.7 Å². The minimum atomic E-state index is -0.526. The third kappa shape index (κ3) is 3.23. The fraction of sp³-hybridized carbons (Fsp3) is 0.231. The van der Waals surface area contributed by atoms with Crippen LogP contribution in [0.5, 0.6) is 11.6 Å². The SMILES string of the molecule is CCOc1cc(OC)c(-c2cncc(C(=O)NN)n2)cn1. The molecule has 0 saturated carbocycles. The average molecular weight is 289 g/mol. The number of nitrogens with zero attached hydrogens (tertiary/aromatic N) is 3. The highest BCUT2D eigenvalue weighted by Crippen LogP contribution is 2.30. The highest BCUT2D eigenvalue weighted by Gasteiger charge is 2.13. The molecule has 21 heavy (non-hydrogen) atoms. The van der Waals surface area contributed by atoms with Gasteiger partial charge in [0.25, 0.3) is 5.91 Å². The van der Waals surface area contributed by atoms with E-state index < -0.39 is 5.91 Å². The molecule has 0 atom stereocenters. The van der Waals surface area contributed by atoms with Gasteiger partial charge in [0, 0.05) is 12.3 Å². The van der Waals surface area contributed by atoms with Crippen LogP contribution in [0, 0.1) is 0 Å². The fourth-order valence-corrected chi connectivity index (χ4v) is 1.69. The molecule has 0 saturated heterocycles.